The Morgan fingerprint density at radius 1 is 1.50 bits per heavy atom. The summed E-state index contributed by atoms with van der Waals surface area (Å²) in [7, 11) is 1.73. The summed E-state index contributed by atoms with van der Waals surface area (Å²) < 4.78 is 1.54. The predicted molar refractivity (Wildman–Crippen MR) is 74.6 cm³/mol. The van der Waals surface area contributed by atoms with Gasteiger partial charge in [-0.2, -0.15) is 5.10 Å². The molecule has 1 atom stereocenters. The standard InChI is InChI=1S/C13H22N4O3/c1-4-5-6-13(2,16-12(19)20)9-14-11(18)10-7-15-17(3)8-10/h7-8,16H,4-6,9H2,1-3H3,(H,14,18)(H,19,20)/t13-/m1/s1. The topological polar surface area (TPSA) is 96.3 Å². The van der Waals surface area contributed by atoms with Crippen molar-refractivity contribution in [1.29, 1.82) is 0 Å². The van der Waals surface area contributed by atoms with E-state index >= 15 is 0 Å². The molecule has 1 heterocycles. The average Bonchev–Trinajstić information content (AvgIpc) is 2.80. The smallest absolute Gasteiger partial charge is 0.405 e. The molecule has 0 radical (unpaired) electrons. The fourth-order valence-corrected chi connectivity index (χ4v) is 1.94. The van der Waals surface area contributed by atoms with Crippen LogP contribution in [0.15, 0.2) is 12.4 Å². The normalized spacial score (nSPS) is 13.6. The lowest BCUT2D eigenvalue weighted by molar-refractivity contribution is 0.0936. The Morgan fingerprint density at radius 3 is 2.70 bits per heavy atom. The fraction of sp³-hybridized carbons (Fsp3) is 0.615. The summed E-state index contributed by atoms with van der Waals surface area (Å²) in [4.78, 5) is 22.8. The van der Waals surface area contributed by atoms with Crippen LogP contribution in [0.2, 0.25) is 0 Å². The molecule has 1 rings (SSSR count). The lowest BCUT2D eigenvalue weighted by Crippen LogP contribution is -2.53. The number of amides is 2. The van der Waals surface area contributed by atoms with Crippen molar-refractivity contribution in [3.63, 3.8) is 0 Å². The molecule has 7 heteroatoms. The maximum Gasteiger partial charge on any atom is 0.405 e. The zero-order valence-corrected chi connectivity index (χ0v) is 12.1. The van der Waals surface area contributed by atoms with E-state index in [4.69, 9.17) is 5.11 Å². The van der Waals surface area contributed by atoms with Crippen LogP contribution in [0.3, 0.4) is 0 Å². The quantitative estimate of drug-likeness (QED) is 0.703. The van der Waals surface area contributed by atoms with Crippen molar-refractivity contribution in [2.75, 3.05) is 6.54 Å². The Labute approximate surface area is 118 Å². The van der Waals surface area contributed by atoms with E-state index in [1.54, 1.807) is 24.9 Å². The fourth-order valence-electron chi connectivity index (χ4n) is 1.94. The van der Waals surface area contributed by atoms with Crippen LogP contribution in [0, 0.1) is 0 Å². The molecule has 112 valence electrons. The Morgan fingerprint density at radius 2 is 2.20 bits per heavy atom. The summed E-state index contributed by atoms with van der Waals surface area (Å²) in [5, 5.41) is 18.1. The van der Waals surface area contributed by atoms with Gasteiger partial charge >= 0.3 is 6.09 Å². The van der Waals surface area contributed by atoms with Gasteiger partial charge < -0.3 is 15.7 Å². The van der Waals surface area contributed by atoms with Crippen LogP contribution in [0.5, 0.6) is 0 Å². The number of nitrogens with zero attached hydrogens (tertiary/aromatic N) is 2. The van der Waals surface area contributed by atoms with Gasteiger partial charge in [0.1, 0.15) is 0 Å². The van der Waals surface area contributed by atoms with Crippen molar-refractivity contribution in [2.45, 2.75) is 38.6 Å². The van der Waals surface area contributed by atoms with Gasteiger partial charge in [0.15, 0.2) is 0 Å². The molecule has 0 bridgehead atoms. The van der Waals surface area contributed by atoms with Crippen molar-refractivity contribution in [1.82, 2.24) is 20.4 Å². The minimum atomic E-state index is -1.08. The first kappa shape index (κ1) is 16.0. The third-order valence-corrected chi connectivity index (χ3v) is 3.10. The van der Waals surface area contributed by atoms with Gasteiger partial charge in [0, 0.05) is 19.8 Å². The molecule has 0 fully saturated rings. The molecular weight excluding hydrogens is 260 g/mol. The highest BCUT2D eigenvalue weighted by molar-refractivity contribution is 5.93. The van der Waals surface area contributed by atoms with Gasteiger partial charge in [0.05, 0.1) is 17.3 Å². The molecule has 2 amide bonds. The number of carbonyl (C=O) groups excluding carboxylic acids is 1. The van der Waals surface area contributed by atoms with Gasteiger partial charge in [-0.15, -0.1) is 0 Å². The van der Waals surface area contributed by atoms with E-state index in [0.29, 0.717) is 12.0 Å². The summed E-state index contributed by atoms with van der Waals surface area (Å²) in [6.45, 7) is 4.07. The number of carbonyl (C=O) groups is 2. The summed E-state index contributed by atoms with van der Waals surface area (Å²) in [5.41, 5.74) is -0.208. The van der Waals surface area contributed by atoms with Crippen LogP contribution >= 0.6 is 0 Å². The molecule has 0 aliphatic rings. The second kappa shape index (κ2) is 6.93. The van der Waals surface area contributed by atoms with Gasteiger partial charge in [-0.25, -0.2) is 4.79 Å². The second-order valence-corrected chi connectivity index (χ2v) is 5.18. The van der Waals surface area contributed by atoms with Crippen LogP contribution < -0.4 is 10.6 Å². The predicted octanol–water partition coefficient (Wildman–Crippen LogP) is 1.37. The van der Waals surface area contributed by atoms with E-state index in [2.05, 4.69) is 15.7 Å². The van der Waals surface area contributed by atoms with E-state index in [0.717, 1.165) is 12.8 Å². The van der Waals surface area contributed by atoms with Crippen LogP contribution in [0.25, 0.3) is 0 Å². The van der Waals surface area contributed by atoms with E-state index in [1.807, 2.05) is 6.92 Å². The van der Waals surface area contributed by atoms with Gasteiger partial charge in [-0.1, -0.05) is 19.8 Å². The number of rotatable bonds is 7. The van der Waals surface area contributed by atoms with Gasteiger partial charge in [-0.3, -0.25) is 9.48 Å². The van der Waals surface area contributed by atoms with Gasteiger partial charge in [-0.05, 0) is 13.3 Å². The highest BCUT2D eigenvalue weighted by Crippen LogP contribution is 2.13. The average molecular weight is 282 g/mol. The summed E-state index contributed by atoms with van der Waals surface area (Å²) in [5.74, 6) is -0.256. The first-order valence-electron chi connectivity index (χ1n) is 6.64. The summed E-state index contributed by atoms with van der Waals surface area (Å²) >= 11 is 0. The molecule has 0 unspecified atom stereocenters. The van der Waals surface area contributed by atoms with E-state index in [1.165, 1.54) is 6.20 Å². The van der Waals surface area contributed by atoms with E-state index in [9.17, 15) is 9.59 Å². The van der Waals surface area contributed by atoms with Crippen molar-refractivity contribution in [2.24, 2.45) is 7.05 Å². The lowest BCUT2D eigenvalue weighted by atomic mass is 9.95. The molecule has 0 saturated carbocycles. The molecule has 0 aromatic carbocycles. The maximum absolute atomic E-state index is 11.9. The molecule has 0 aliphatic heterocycles. The highest BCUT2D eigenvalue weighted by Gasteiger charge is 2.26. The minimum Gasteiger partial charge on any atom is -0.465 e. The van der Waals surface area contributed by atoms with Crippen LogP contribution in [-0.2, 0) is 7.05 Å². The Balaban J connectivity index is 2.61. The molecule has 0 spiro atoms. The molecule has 0 aliphatic carbocycles. The first-order valence-corrected chi connectivity index (χ1v) is 6.64. The van der Waals surface area contributed by atoms with Crippen molar-refractivity contribution in [3.8, 4) is 0 Å². The summed E-state index contributed by atoms with van der Waals surface area (Å²) in [6, 6.07) is 0. The molecule has 7 nitrogen and oxygen atoms in total. The third kappa shape index (κ3) is 4.91. The zero-order chi connectivity index (χ0) is 15.2. The Hall–Kier alpha value is -2.05. The maximum atomic E-state index is 11.9. The minimum absolute atomic E-state index is 0.243. The summed E-state index contributed by atoms with van der Waals surface area (Å²) in [6.07, 6.45) is 4.53. The molecule has 3 N–H and O–H groups in total. The monoisotopic (exact) mass is 282 g/mol. The van der Waals surface area contributed by atoms with Crippen LogP contribution in [0.4, 0.5) is 4.79 Å². The number of carboxylic acid groups (broad SMARTS) is 1. The lowest BCUT2D eigenvalue weighted by Gasteiger charge is -2.29. The number of unbranched alkanes of at least 4 members (excludes halogenated alkanes) is 1. The van der Waals surface area contributed by atoms with Crippen LogP contribution in [0.1, 0.15) is 43.5 Å². The highest BCUT2D eigenvalue weighted by atomic mass is 16.4. The van der Waals surface area contributed by atoms with Gasteiger partial charge in [0.2, 0.25) is 0 Å². The number of aromatic nitrogens is 2. The SMILES string of the molecule is CCCC[C@](C)(CNC(=O)c1cnn(C)c1)NC(=O)O. The molecule has 1 aromatic heterocycles. The molecule has 20 heavy (non-hydrogen) atoms. The van der Waals surface area contributed by atoms with Crippen molar-refractivity contribution >= 4 is 12.0 Å². The molecular formula is C13H22N4O3. The van der Waals surface area contributed by atoms with E-state index < -0.39 is 11.6 Å². The van der Waals surface area contributed by atoms with Crippen molar-refractivity contribution < 1.29 is 14.7 Å². The largest absolute Gasteiger partial charge is 0.465 e. The van der Waals surface area contributed by atoms with Crippen LogP contribution in [-0.4, -0.2) is 39.0 Å². The zero-order valence-electron chi connectivity index (χ0n) is 12.1. The number of aryl methyl sites for hydroxylation is 1. The number of nitrogens with one attached hydrogen (secondary N) is 2. The molecule has 0 saturated heterocycles. The Bertz CT molecular complexity index is 472. The first-order chi connectivity index (χ1) is 9.36. The van der Waals surface area contributed by atoms with Crippen molar-refractivity contribution in [3.05, 3.63) is 18.0 Å². The number of hydrogen-bond donors (Lipinski definition) is 3. The molecule has 1 aromatic rings. The Kier molecular flexibility index (Phi) is 5.54. The third-order valence-electron chi connectivity index (χ3n) is 3.10. The van der Waals surface area contributed by atoms with Gasteiger partial charge in [0.25, 0.3) is 5.91 Å². The number of hydrogen-bond acceptors (Lipinski definition) is 3. The van der Waals surface area contributed by atoms with E-state index in [-0.39, 0.29) is 12.5 Å². The second-order valence-electron chi connectivity index (χ2n) is 5.18.